The summed E-state index contributed by atoms with van der Waals surface area (Å²) >= 11 is 6.30. The summed E-state index contributed by atoms with van der Waals surface area (Å²) in [6.07, 6.45) is -4.02. The molecule has 0 radical (unpaired) electrons. The fraction of sp³-hybridized carbons (Fsp3) is 0.353. The Morgan fingerprint density at radius 1 is 1.41 bits per heavy atom. The molecule has 1 aliphatic rings. The largest absolute Gasteiger partial charge is 0.490 e. The molecule has 1 aliphatic heterocycles. The van der Waals surface area contributed by atoms with Gasteiger partial charge in [-0.1, -0.05) is 17.7 Å². The molecule has 3 heterocycles. The maximum atomic E-state index is 10.6. The van der Waals surface area contributed by atoms with Gasteiger partial charge in [0.15, 0.2) is 11.4 Å². The number of nitrogens with zero attached hydrogens (tertiary/aromatic N) is 3. The molecule has 29 heavy (non-hydrogen) atoms. The van der Waals surface area contributed by atoms with Crippen LogP contribution in [0.4, 0.5) is 24.9 Å². The Kier molecular flexibility index (Phi) is 5.71. The number of furan rings is 1. The van der Waals surface area contributed by atoms with Crippen LogP contribution in [0.15, 0.2) is 22.6 Å². The summed E-state index contributed by atoms with van der Waals surface area (Å²) in [5.74, 6) is -1.78. The van der Waals surface area contributed by atoms with E-state index in [9.17, 15) is 13.2 Å². The number of halogens is 4. The number of hydrogen-bond acceptors (Lipinski definition) is 7. The van der Waals surface area contributed by atoms with Crippen molar-refractivity contribution in [3.05, 3.63) is 23.2 Å². The molecule has 0 aliphatic carbocycles. The molecule has 12 heteroatoms. The molecule has 1 fully saturated rings. The zero-order chi connectivity index (χ0) is 21.3. The minimum absolute atomic E-state index is 0.234. The molecule has 0 saturated carbocycles. The second-order valence-corrected chi connectivity index (χ2v) is 6.73. The van der Waals surface area contributed by atoms with Gasteiger partial charge in [0.25, 0.3) is 0 Å². The van der Waals surface area contributed by atoms with Crippen molar-refractivity contribution < 1.29 is 27.5 Å². The summed E-state index contributed by atoms with van der Waals surface area (Å²) in [6, 6.07) is 6.00. The Morgan fingerprint density at radius 3 is 2.69 bits per heavy atom. The third kappa shape index (κ3) is 4.30. The Labute approximate surface area is 167 Å². The summed E-state index contributed by atoms with van der Waals surface area (Å²) in [5.41, 5.74) is 7.94. The zero-order valence-corrected chi connectivity index (χ0v) is 15.9. The number of benzene rings is 1. The lowest BCUT2D eigenvalue weighted by molar-refractivity contribution is -0.192. The number of aromatic nitrogens is 2. The summed E-state index contributed by atoms with van der Waals surface area (Å²) < 4.78 is 37.7. The van der Waals surface area contributed by atoms with Gasteiger partial charge in [0, 0.05) is 19.1 Å². The quantitative estimate of drug-likeness (QED) is 0.566. The molecule has 4 rings (SSSR count). The van der Waals surface area contributed by atoms with Crippen LogP contribution < -0.4 is 16.0 Å². The number of carboxylic acids is 1. The van der Waals surface area contributed by atoms with Gasteiger partial charge in [-0.2, -0.15) is 18.2 Å². The second kappa shape index (κ2) is 7.91. The van der Waals surface area contributed by atoms with Crippen molar-refractivity contribution in [1.82, 2.24) is 15.3 Å². The molecule has 156 valence electrons. The molecule has 1 atom stereocenters. The van der Waals surface area contributed by atoms with Gasteiger partial charge in [0.1, 0.15) is 11.1 Å². The summed E-state index contributed by atoms with van der Waals surface area (Å²) in [7, 11) is 1.97. The van der Waals surface area contributed by atoms with Gasteiger partial charge < -0.3 is 25.5 Å². The van der Waals surface area contributed by atoms with E-state index in [-0.39, 0.29) is 5.95 Å². The Bertz CT molecular complexity index is 1060. The number of rotatable bonds is 2. The molecule has 4 N–H and O–H groups in total. The molecular weight excluding hydrogens is 415 g/mol. The number of carbonyl (C=O) groups is 1. The summed E-state index contributed by atoms with van der Waals surface area (Å²) in [6.45, 7) is 1.77. The van der Waals surface area contributed by atoms with Crippen molar-refractivity contribution >= 4 is 51.4 Å². The number of nitrogens with one attached hydrogen (secondary N) is 1. The van der Waals surface area contributed by atoms with E-state index < -0.39 is 12.1 Å². The van der Waals surface area contributed by atoms with Gasteiger partial charge in [0.2, 0.25) is 5.95 Å². The van der Waals surface area contributed by atoms with E-state index in [1.54, 1.807) is 0 Å². The van der Waals surface area contributed by atoms with Crippen LogP contribution in [-0.2, 0) is 4.79 Å². The monoisotopic (exact) mass is 431 g/mol. The van der Waals surface area contributed by atoms with E-state index in [1.165, 1.54) is 0 Å². The molecule has 3 aromatic rings. The normalized spacial score (nSPS) is 16.9. The first-order valence-electron chi connectivity index (χ1n) is 8.48. The van der Waals surface area contributed by atoms with Gasteiger partial charge >= 0.3 is 12.1 Å². The van der Waals surface area contributed by atoms with Crippen LogP contribution in [0.2, 0.25) is 5.02 Å². The lowest BCUT2D eigenvalue weighted by Gasteiger charge is -2.17. The molecule has 0 amide bonds. The lowest BCUT2D eigenvalue weighted by atomic mass is 10.2. The van der Waals surface area contributed by atoms with E-state index >= 15 is 0 Å². The Balaban J connectivity index is 0.000000298. The number of anilines is 2. The third-order valence-electron chi connectivity index (χ3n) is 4.43. The van der Waals surface area contributed by atoms with Crippen molar-refractivity contribution in [3.63, 3.8) is 0 Å². The molecule has 1 aromatic carbocycles. The van der Waals surface area contributed by atoms with Crippen molar-refractivity contribution in [1.29, 1.82) is 0 Å². The average Bonchev–Trinajstić information content (AvgIpc) is 3.26. The van der Waals surface area contributed by atoms with Crippen LogP contribution in [0.5, 0.6) is 0 Å². The van der Waals surface area contributed by atoms with E-state index in [1.807, 2.05) is 25.2 Å². The maximum Gasteiger partial charge on any atom is 0.490 e. The first kappa shape index (κ1) is 20.9. The maximum absolute atomic E-state index is 10.6. The van der Waals surface area contributed by atoms with Crippen LogP contribution in [0.3, 0.4) is 0 Å². The highest BCUT2D eigenvalue weighted by Gasteiger charge is 2.38. The van der Waals surface area contributed by atoms with Crippen LogP contribution in [0, 0.1) is 0 Å². The van der Waals surface area contributed by atoms with E-state index in [0.29, 0.717) is 27.7 Å². The lowest BCUT2D eigenvalue weighted by Crippen LogP contribution is -2.30. The highest BCUT2D eigenvalue weighted by Crippen LogP contribution is 2.37. The van der Waals surface area contributed by atoms with Crippen molar-refractivity contribution in [3.8, 4) is 0 Å². The molecule has 1 saturated heterocycles. The summed E-state index contributed by atoms with van der Waals surface area (Å²) in [5, 5.41) is 11.8. The number of alkyl halides is 3. The standard InChI is InChI=1S/C15H16ClN5O.C2HF3O2/c1-18-8-5-6-21(7-8)14-13-12(19-15(17)20-14)11-9(16)3-2-4-10(11)22-13;3-2(4,5)1(6)7/h2-4,8,18H,5-7H2,1H3,(H2,17,19,20);(H,6,7)/t8-;/m1./s1. The number of nitrogen functional groups attached to an aromatic ring is 1. The minimum Gasteiger partial charge on any atom is -0.475 e. The van der Waals surface area contributed by atoms with Gasteiger partial charge in [-0.05, 0) is 25.6 Å². The fourth-order valence-corrected chi connectivity index (χ4v) is 3.31. The van der Waals surface area contributed by atoms with E-state index in [4.69, 9.17) is 31.7 Å². The second-order valence-electron chi connectivity index (χ2n) is 6.32. The van der Waals surface area contributed by atoms with Gasteiger partial charge in [-0.15, -0.1) is 0 Å². The van der Waals surface area contributed by atoms with E-state index in [0.717, 1.165) is 30.7 Å². The van der Waals surface area contributed by atoms with Crippen molar-refractivity contribution in [2.24, 2.45) is 0 Å². The predicted molar refractivity (Wildman–Crippen MR) is 102 cm³/mol. The highest BCUT2D eigenvalue weighted by atomic mass is 35.5. The predicted octanol–water partition coefficient (Wildman–Crippen LogP) is 3.04. The number of nitrogens with two attached hydrogens (primary N) is 1. The first-order valence-corrected chi connectivity index (χ1v) is 8.86. The highest BCUT2D eigenvalue weighted by molar-refractivity contribution is 6.37. The molecule has 2 aromatic heterocycles. The SMILES string of the molecule is CN[C@@H]1CCN(c2nc(N)nc3c2oc2cccc(Cl)c23)C1.O=C(O)C(F)(F)F. The molecule has 0 bridgehead atoms. The number of likely N-dealkylation sites (N-methyl/N-ethyl adjacent to an activating group) is 1. The molecule has 0 unspecified atom stereocenters. The Morgan fingerprint density at radius 2 is 2.10 bits per heavy atom. The molecular formula is C17H17ClF3N5O3. The van der Waals surface area contributed by atoms with Crippen molar-refractivity contribution in [2.45, 2.75) is 18.6 Å². The summed E-state index contributed by atoms with van der Waals surface area (Å²) in [4.78, 5) is 19.8. The minimum atomic E-state index is -5.08. The smallest absolute Gasteiger partial charge is 0.475 e. The fourth-order valence-electron chi connectivity index (χ4n) is 3.05. The van der Waals surface area contributed by atoms with Crippen LogP contribution in [0.25, 0.3) is 22.1 Å². The van der Waals surface area contributed by atoms with Gasteiger partial charge in [-0.3, -0.25) is 0 Å². The first-order chi connectivity index (χ1) is 13.6. The third-order valence-corrected chi connectivity index (χ3v) is 4.74. The topological polar surface area (TPSA) is 118 Å². The number of fused-ring (bicyclic) bond motifs is 3. The molecule has 0 spiro atoms. The van der Waals surface area contributed by atoms with Crippen LogP contribution in [0.1, 0.15) is 6.42 Å². The van der Waals surface area contributed by atoms with Crippen LogP contribution >= 0.6 is 11.6 Å². The van der Waals surface area contributed by atoms with Gasteiger partial charge in [-0.25, -0.2) is 9.78 Å². The average molecular weight is 432 g/mol. The van der Waals surface area contributed by atoms with Gasteiger partial charge in [0.05, 0.1) is 10.4 Å². The van der Waals surface area contributed by atoms with Crippen molar-refractivity contribution in [2.75, 3.05) is 30.8 Å². The molecule has 8 nitrogen and oxygen atoms in total. The van der Waals surface area contributed by atoms with E-state index in [2.05, 4.69) is 20.2 Å². The Hall–Kier alpha value is -2.79. The number of aliphatic carboxylic acids is 1. The number of carboxylic acid groups (broad SMARTS) is 1. The number of hydrogen-bond donors (Lipinski definition) is 3. The zero-order valence-electron chi connectivity index (χ0n) is 15.1. The van der Waals surface area contributed by atoms with Crippen LogP contribution in [-0.4, -0.2) is 53.4 Å².